The number of likely N-dealkylation sites (tertiary alicyclic amines) is 1. The van der Waals surface area contributed by atoms with E-state index in [1.54, 1.807) is 18.3 Å². The van der Waals surface area contributed by atoms with E-state index < -0.39 is 6.04 Å². The Morgan fingerprint density at radius 2 is 2.03 bits per heavy atom. The van der Waals surface area contributed by atoms with Gasteiger partial charge in [-0.15, -0.1) is 0 Å². The van der Waals surface area contributed by atoms with Crippen molar-refractivity contribution >= 4 is 17.5 Å². The van der Waals surface area contributed by atoms with Gasteiger partial charge in [-0.2, -0.15) is 0 Å². The second kappa shape index (κ2) is 7.87. The second-order valence-electron chi connectivity index (χ2n) is 7.09. The van der Waals surface area contributed by atoms with Crippen LogP contribution in [0.5, 0.6) is 0 Å². The maximum Gasteiger partial charge on any atom is 0.247 e. The minimum Gasteiger partial charge on any atom is -0.326 e. The average molecular weight is 392 g/mol. The molecule has 0 bridgehead atoms. The highest BCUT2D eigenvalue weighted by atomic mass is 19.1. The maximum atomic E-state index is 13.5. The number of hydrogen-bond acceptors (Lipinski definition) is 3. The van der Waals surface area contributed by atoms with Crippen molar-refractivity contribution in [1.29, 1.82) is 0 Å². The number of halogens is 1. The number of nitrogens with one attached hydrogen (secondary N) is 1. The Balaban J connectivity index is 1.45. The summed E-state index contributed by atoms with van der Waals surface area (Å²) >= 11 is 0. The number of anilines is 1. The number of hydrogen-bond donors (Lipinski definition) is 1. The summed E-state index contributed by atoms with van der Waals surface area (Å²) in [7, 11) is 0. The van der Waals surface area contributed by atoms with Crippen LogP contribution in [-0.2, 0) is 16.1 Å². The summed E-state index contributed by atoms with van der Waals surface area (Å²) in [6.07, 6.45) is 4.37. The lowest BCUT2D eigenvalue weighted by Gasteiger charge is -2.24. The van der Waals surface area contributed by atoms with Gasteiger partial charge in [-0.25, -0.2) is 9.37 Å². The molecule has 0 spiro atoms. The zero-order valence-electron chi connectivity index (χ0n) is 16.0. The molecule has 1 N–H and O–H groups in total. The van der Waals surface area contributed by atoms with E-state index in [0.717, 1.165) is 11.5 Å². The largest absolute Gasteiger partial charge is 0.326 e. The highest BCUT2D eigenvalue weighted by molar-refractivity contribution is 5.99. The molecule has 6 nitrogen and oxygen atoms in total. The molecule has 2 aromatic carbocycles. The van der Waals surface area contributed by atoms with Gasteiger partial charge in [-0.1, -0.05) is 12.1 Å². The van der Waals surface area contributed by atoms with Crippen LogP contribution in [0.4, 0.5) is 10.1 Å². The molecule has 0 saturated carbocycles. The molecule has 4 rings (SSSR count). The quantitative estimate of drug-likeness (QED) is 0.723. The average Bonchev–Trinajstić information content (AvgIpc) is 3.29. The summed E-state index contributed by atoms with van der Waals surface area (Å²) in [5.41, 5.74) is 2.27. The minimum atomic E-state index is -0.568. The van der Waals surface area contributed by atoms with E-state index in [1.807, 2.05) is 42.0 Å². The summed E-state index contributed by atoms with van der Waals surface area (Å²) in [5, 5.41) is 2.89. The van der Waals surface area contributed by atoms with E-state index in [9.17, 15) is 14.0 Å². The number of rotatable bonds is 5. The normalized spacial score (nSPS) is 16.3. The first kappa shape index (κ1) is 18.9. The number of carbonyl (C=O) groups excluding carboxylic acids is 2. The number of nitrogens with zero attached hydrogens (tertiary/aromatic N) is 3. The SMILES string of the molecule is Cc1nccn1-c1ccc(NC(=O)C2CCC(=O)N2Cc2cccc(F)c2)cc1. The lowest BCUT2D eigenvalue weighted by atomic mass is 10.1. The van der Waals surface area contributed by atoms with Gasteiger partial charge >= 0.3 is 0 Å². The van der Waals surface area contributed by atoms with Crippen LogP contribution in [0.15, 0.2) is 60.9 Å². The molecular weight excluding hydrogens is 371 g/mol. The molecule has 1 saturated heterocycles. The van der Waals surface area contributed by atoms with Crippen LogP contribution in [0.25, 0.3) is 5.69 Å². The summed E-state index contributed by atoms with van der Waals surface area (Å²) < 4.78 is 15.4. The molecule has 2 heterocycles. The number of aromatic nitrogens is 2. The summed E-state index contributed by atoms with van der Waals surface area (Å²) in [6.45, 7) is 2.13. The van der Waals surface area contributed by atoms with Crippen molar-refractivity contribution < 1.29 is 14.0 Å². The third kappa shape index (κ3) is 4.03. The van der Waals surface area contributed by atoms with Gasteiger partial charge in [0.2, 0.25) is 11.8 Å². The number of carbonyl (C=O) groups is 2. The number of imidazole rings is 1. The summed E-state index contributed by atoms with van der Waals surface area (Å²) in [6, 6.07) is 13.0. The number of benzene rings is 2. The van der Waals surface area contributed by atoms with Crippen LogP contribution in [-0.4, -0.2) is 32.3 Å². The minimum absolute atomic E-state index is 0.0969. The Kier molecular flexibility index (Phi) is 5.12. The number of amides is 2. The Morgan fingerprint density at radius 1 is 1.24 bits per heavy atom. The molecule has 7 heteroatoms. The van der Waals surface area contributed by atoms with Crippen molar-refractivity contribution in [3.63, 3.8) is 0 Å². The van der Waals surface area contributed by atoms with Crippen LogP contribution in [0.2, 0.25) is 0 Å². The van der Waals surface area contributed by atoms with Gasteiger partial charge in [0, 0.05) is 36.7 Å². The second-order valence-corrected chi connectivity index (χ2v) is 7.09. The molecule has 1 atom stereocenters. The Hall–Kier alpha value is -3.48. The van der Waals surface area contributed by atoms with Crippen LogP contribution in [0.3, 0.4) is 0 Å². The summed E-state index contributed by atoms with van der Waals surface area (Å²) in [5.74, 6) is 0.182. The monoisotopic (exact) mass is 392 g/mol. The van der Waals surface area contributed by atoms with Gasteiger partial charge in [0.05, 0.1) is 0 Å². The van der Waals surface area contributed by atoms with Gasteiger partial charge in [0.1, 0.15) is 17.7 Å². The molecule has 0 radical (unpaired) electrons. The van der Waals surface area contributed by atoms with E-state index in [4.69, 9.17) is 0 Å². The lowest BCUT2D eigenvalue weighted by molar-refractivity contribution is -0.133. The molecule has 1 aliphatic rings. The Morgan fingerprint density at radius 3 is 2.72 bits per heavy atom. The molecule has 1 aliphatic heterocycles. The zero-order valence-corrected chi connectivity index (χ0v) is 16.0. The molecule has 2 amide bonds. The van der Waals surface area contributed by atoms with Crippen molar-refractivity contribution in [2.24, 2.45) is 0 Å². The third-order valence-corrected chi connectivity index (χ3v) is 5.11. The molecule has 148 valence electrons. The summed E-state index contributed by atoms with van der Waals surface area (Å²) in [4.78, 5) is 30.8. The van der Waals surface area contributed by atoms with E-state index in [0.29, 0.717) is 24.1 Å². The van der Waals surface area contributed by atoms with Crippen molar-refractivity contribution in [2.45, 2.75) is 32.4 Å². The van der Waals surface area contributed by atoms with Crippen LogP contribution >= 0.6 is 0 Å². The van der Waals surface area contributed by atoms with E-state index in [2.05, 4.69) is 10.3 Å². The topological polar surface area (TPSA) is 67.2 Å². The zero-order chi connectivity index (χ0) is 20.4. The smallest absolute Gasteiger partial charge is 0.247 e. The van der Waals surface area contributed by atoms with Crippen LogP contribution in [0.1, 0.15) is 24.2 Å². The highest BCUT2D eigenvalue weighted by Gasteiger charge is 2.36. The maximum absolute atomic E-state index is 13.5. The predicted molar refractivity (Wildman–Crippen MR) is 107 cm³/mol. The van der Waals surface area contributed by atoms with Crippen molar-refractivity contribution in [1.82, 2.24) is 14.5 Å². The number of aryl methyl sites for hydroxylation is 1. The molecule has 1 aromatic heterocycles. The molecule has 1 unspecified atom stereocenters. The van der Waals surface area contributed by atoms with Gasteiger partial charge in [-0.05, 0) is 55.3 Å². The van der Waals surface area contributed by atoms with Crippen LogP contribution < -0.4 is 5.32 Å². The van der Waals surface area contributed by atoms with Crippen molar-refractivity contribution in [3.8, 4) is 5.69 Å². The van der Waals surface area contributed by atoms with E-state index >= 15 is 0 Å². The fraction of sp³-hybridized carbons (Fsp3) is 0.227. The first-order valence-corrected chi connectivity index (χ1v) is 9.46. The first-order chi connectivity index (χ1) is 14.0. The fourth-order valence-electron chi connectivity index (χ4n) is 3.62. The van der Waals surface area contributed by atoms with Gasteiger partial charge in [0.15, 0.2) is 0 Å². The lowest BCUT2D eigenvalue weighted by Crippen LogP contribution is -2.41. The van der Waals surface area contributed by atoms with Crippen molar-refractivity contribution in [2.75, 3.05) is 5.32 Å². The predicted octanol–water partition coefficient (Wildman–Crippen LogP) is 3.45. The Labute approximate surface area is 168 Å². The Bertz CT molecular complexity index is 1040. The first-order valence-electron chi connectivity index (χ1n) is 9.46. The molecule has 3 aromatic rings. The van der Waals surface area contributed by atoms with Gasteiger partial charge < -0.3 is 14.8 Å². The van der Waals surface area contributed by atoms with Crippen molar-refractivity contribution in [3.05, 3.63) is 78.1 Å². The molecule has 0 aliphatic carbocycles. The van der Waals surface area contributed by atoms with E-state index in [-0.39, 0.29) is 24.2 Å². The molecule has 1 fully saturated rings. The molecule has 29 heavy (non-hydrogen) atoms. The van der Waals surface area contributed by atoms with Crippen LogP contribution in [0, 0.1) is 12.7 Å². The fourth-order valence-corrected chi connectivity index (χ4v) is 3.62. The van der Waals surface area contributed by atoms with E-state index in [1.165, 1.54) is 17.0 Å². The standard InChI is InChI=1S/C22H21FN4O2/c1-15-24-11-12-26(15)19-7-5-18(6-8-19)25-22(29)20-9-10-21(28)27(20)14-16-3-2-4-17(23)13-16/h2-8,11-13,20H,9-10,14H2,1H3,(H,25,29). The third-order valence-electron chi connectivity index (χ3n) is 5.11. The highest BCUT2D eigenvalue weighted by Crippen LogP contribution is 2.24. The van der Waals surface area contributed by atoms with Gasteiger partial charge in [-0.3, -0.25) is 9.59 Å². The van der Waals surface area contributed by atoms with Gasteiger partial charge in [0.25, 0.3) is 0 Å². The molecular formula is C22H21FN4O2.